The van der Waals surface area contributed by atoms with Gasteiger partial charge in [0, 0.05) is 18.5 Å². The van der Waals surface area contributed by atoms with Crippen LogP contribution in [-0.2, 0) is 0 Å². The highest BCUT2D eigenvalue weighted by Gasteiger charge is 2.19. The summed E-state index contributed by atoms with van der Waals surface area (Å²) in [7, 11) is 0. The van der Waals surface area contributed by atoms with E-state index in [2.05, 4.69) is 4.98 Å². The molecule has 6 heteroatoms. The number of imidazole rings is 1. The average Bonchev–Trinajstić information content (AvgIpc) is 2.64. The van der Waals surface area contributed by atoms with Crippen LogP contribution in [0.5, 0.6) is 0 Å². The van der Waals surface area contributed by atoms with Gasteiger partial charge in [-0.25, -0.2) is 4.98 Å². The van der Waals surface area contributed by atoms with Crippen LogP contribution in [0.2, 0.25) is 5.02 Å². The predicted octanol–water partition coefficient (Wildman–Crippen LogP) is 2.74. The Balaban J connectivity index is 2.73. The van der Waals surface area contributed by atoms with Crippen molar-refractivity contribution in [3.63, 3.8) is 0 Å². The molecule has 1 heterocycles. The zero-order chi connectivity index (χ0) is 11.7. The summed E-state index contributed by atoms with van der Waals surface area (Å²) < 4.78 is 1.60. The molecule has 0 bridgehead atoms. The summed E-state index contributed by atoms with van der Waals surface area (Å²) in [6, 6.07) is 4.58. The molecule has 16 heavy (non-hydrogen) atoms. The second-order valence-corrected chi connectivity index (χ2v) is 3.62. The second kappa shape index (κ2) is 3.94. The summed E-state index contributed by atoms with van der Waals surface area (Å²) in [6.07, 6.45) is 3.21. The van der Waals surface area contributed by atoms with Crippen molar-refractivity contribution < 1.29 is 4.92 Å². The molecule has 2 rings (SSSR count). The molecule has 5 nitrogen and oxygen atoms in total. The van der Waals surface area contributed by atoms with Crippen LogP contribution in [0.1, 0.15) is 5.82 Å². The third-order valence-corrected chi connectivity index (χ3v) is 2.53. The fourth-order valence-corrected chi connectivity index (χ4v) is 1.76. The average molecular weight is 238 g/mol. The Morgan fingerprint density at radius 1 is 1.50 bits per heavy atom. The number of nitro benzene ring substituents is 1. The smallest absolute Gasteiger partial charge is 0.294 e. The molecule has 0 aliphatic rings. The molecule has 2 aromatic rings. The highest BCUT2D eigenvalue weighted by atomic mass is 35.5. The van der Waals surface area contributed by atoms with Crippen molar-refractivity contribution in [2.75, 3.05) is 0 Å². The Hall–Kier alpha value is -1.88. The van der Waals surface area contributed by atoms with Crippen molar-refractivity contribution in [1.82, 2.24) is 9.55 Å². The molecule has 0 amide bonds. The SMILES string of the molecule is Cc1nccn1-c1c(Cl)cccc1[N+](=O)[O-]. The van der Waals surface area contributed by atoms with Crippen molar-refractivity contribution >= 4 is 17.3 Å². The van der Waals surface area contributed by atoms with Gasteiger partial charge in [0.2, 0.25) is 0 Å². The summed E-state index contributed by atoms with van der Waals surface area (Å²) >= 11 is 5.98. The van der Waals surface area contributed by atoms with Gasteiger partial charge in [-0.05, 0) is 13.0 Å². The maximum Gasteiger partial charge on any atom is 0.294 e. The monoisotopic (exact) mass is 237 g/mol. The lowest BCUT2D eigenvalue weighted by Crippen LogP contribution is -2.01. The van der Waals surface area contributed by atoms with E-state index in [1.165, 1.54) is 6.07 Å². The molecule has 1 aromatic heterocycles. The van der Waals surface area contributed by atoms with Crippen LogP contribution >= 0.6 is 11.6 Å². The Morgan fingerprint density at radius 2 is 2.25 bits per heavy atom. The molecule has 0 saturated carbocycles. The predicted molar refractivity (Wildman–Crippen MR) is 60.0 cm³/mol. The zero-order valence-corrected chi connectivity index (χ0v) is 9.18. The molecule has 0 aliphatic carbocycles. The molecule has 1 aromatic carbocycles. The zero-order valence-electron chi connectivity index (χ0n) is 8.42. The molecule has 82 valence electrons. The Labute approximate surface area is 96.4 Å². The van der Waals surface area contributed by atoms with Gasteiger partial charge in [0.1, 0.15) is 11.5 Å². The maximum absolute atomic E-state index is 10.9. The lowest BCUT2D eigenvalue weighted by molar-refractivity contribution is -0.384. The van der Waals surface area contributed by atoms with Gasteiger partial charge in [-0.3, -0.25) is 14.7 Å². The van der Waals surface area contributed by atoms with Gasteiger partial charge in [-0.2, -0.15) is 0 Å². The molecule has 0 spiro atoms. The minimum absolute atomic E-state index is 0.0337. The van der Waals surface area contributed by atoms with Crippen LogP contribution in [0, 0.1) is 17.0 Å². The second-order valence-electron chi connectivity index (χ2n) is 3.21. The number of para-hydroxylation sites is 1. The molecule has 0 N–H and O–H groups in total. The normalized spacial score (nSPS) is 10.4. The molecule has 0 unspecified atom stereocenters. The summed E-state index contributed by atoms with van der Waals surface area (Å²) in [5, 5.41) is 11.2. The number of aryl methyl sites for hydroxylation is 1. The van der Waals surface area contributed by atoms with Crippen molar-refractivity contribution in [3.05, 3.63) is 51.6 Å². The Bertz CT molecular complexity index is 551. The van der Waals surface area contributed by atoms with Gasteiger partial charge in [-0.1, -0.05) is 17.7 Å². The van der Waals surface area contributed by atoms with E-state index in [0.717, 1.165) is 0 Å². The van der Waals surface area contributed by atoms with Crippen LogP contribution in [0.15, 0.2) is 30.6 Å². The Morgan fingerprint density at radius 3 is 2.81 bits per heavy atom. The Kier molecular flexibility index (Phi) is 2.62. The van der Waals surface area contributed by atoms with Gasteiger partial charge in [0.15, 0.2) is 0 Å². The minimum atomic E-state index is -0.458. The molecule has 0 atom stereocenters. The first-order valence-corrected chi connectivity index (χ1v) is 4.92. The largest absolute Gasteiger partial charge is 0.297 e. The van der Waals surface area contributed by atoms with Crippen molar-refractivity contribution in [2.45, 2.75) is 6.92 Å². The first-order valence-electron chi connectivity index (χ1n) is 4.54. The quantitative estimate of drug-likeness (QED) is 0.596. The third kappa shape index (κ3) is 1.65. The first kappa shape index (κ1) is 10.6. The van der Waals surface area contributed by atoms with Crippen molar-refractivity contribution in [1.29, 1.82) is 0 Å². The number of rotatable bonds is 2. The number of aromatic nitrogens is 2. The van der Waals surface area contributed by atoms with Gasteiger partial charge in [0.25, 0.3) is 5.69 Å². The van der Waals surface area contributed by atoms with E-state index in [0.29, 0.717) is 16.5 Å². The molecular formula is C10H8ClN3O2. The van der Waals surface area contributed by atoms with Gasteiger partial charge in [-0.15, -0.1) is 0 Å². The standard InChI is InChI=1S/C10H8ClN3O2/c1-7-12-5-6-13(7)10-8(11)3-2-4-9(10)14(15)16/h2-6H,1H3. The highest BCUT2D eigenvalue weighted by molar-refractivity contribution is 6.32. The fourth-order valence-electron chi connectivity index (χ4n) is 1.50. The summed E-state index contributed by atoms with van der Waals surface area (Å²) in [5.74, 6) is 0.649. The van der Waals surface area contributed by atoms with Crippen LogP contribution in [0.25, 0.3) is 5.69 Å². The molecule has 0 fully saturated rings. The summed E-state index contributed by atoms with van der Waals surface area (Å²) in [4.78, 5) is 14.5. The molecule has 0 aliphatic heterocycles. The molecule has 0 radical (unpaired) electrons. The third-order valence-electron chi connectivity index (χ3n) is 2.23. The number of halogens is 1. The number of hydrogen-bond donors (Lipinski definition) is 0. The molecular weight excluding hydrogens is 230 g/mol. The van der Waals surface area contributed by atoms with Crippen LogP contribution < -0.4 is 0 Å². The van der Waals surface area contributed by atoms with E-state index < -0.39 is 4.92 Å². The lowest BCUT2D eigenvalue weighted by atomic mass is 10.2. The van der Waals surface area contributed by atoms with Crippen molar-refractivity contribution in [3.8, 4) is 5.69 Å². The van der Waals surface area contributed by atoms with Gasteiger partial charge < -0.3 is 0 Å². The fraction of sp³-hybridized carbons (Fsp3) is 0.100. The number of hydrogen-bond acceptors (Lipinski definition) is 3. The van der Waals surface area contributed by atoms with E-state index in [1.54, 1.807) is 36.0 Å². The summed E-state index contributed by atoms with van der Waals surface area (Å²) in [6.45, 7) is 1.76. The van der Waals surface area contributed by atoms with E-state index in [4.69, 9.17) is 11.6 Å². The minimum Gasteiger partial charge on any atom is -0.297 e. The maximum atomic E-state index is 10.9. The first-order chi connectivity index (χ1) is 7.61. The van der Waals surface area contributed by atoms with E-state index in [1.807, 2.05) is 0 Å². The van der Waals surface area contributed by atoms with Crippen LogP contribution in [0.4, 0.5) is 5.69 Å². The number of nitrogens with zero attached hydrogens (tertiary/aromatic N) is 3. The number of nitro groups is 1. The number of benzene rings is 1. The van der Waals surface area contributed by atoms with E-state index in [9.17, 15) is 10.1 Å². The topological polar surface area (TPSA) is 61.0 Å². The van der Waals surface area contributed by atoms with Crippen LogP contribution in [-0.4, -0.2) is 14.5 Å². The van der Waals surface area contributed by atoms with E-state index >= 15 is 0 Å². The van der Waals surface area contributed by atoms with Crippen LogP contribution in [0.3, 0.4) is 0 Å². The van der Waals surface area contributed by atoms with Crippen molar-refractivity contribution in [2.24, 2.45) is 0 Å². The van der Waals surface area contributed by atoms with Gasteiger partial charge >= 0.3 is 0 Å². The van der Waals surface area contributed by atoms with E-state index in [-0.39, 0.29) is 5.69 Å². The highest BCUT2D eigenvalue weighted by Crippen LogP contribution is 2.30. The molecule has 0 saturated heterocycles. The van der Waals surface area contributed by atoms with Gasteiger partial charge in [0.05, 0.1) is 9.95 Å². The lowest BCUT2D eigenvalue weighted by Gasteiger charge is -2.07. The summed E-state index contributed by atoms with van der Waals surface area (Å²) in [5.41, 5.74) is 0.317.